The van der Waals surface area contributed by atoms with Crippen molar-refractivity contribution in [3.8, 4) is 6.07 Å². The molecule has 22 heavy (non-hydrogen) atoms. The van der Waals surface area contributed by atoms with Crippen LogP contribution in [0.5, 0.6) is 0 Å². The first-order valence-corrected chi connectivity index (χ1v) is 7.69. The topological polar surface area (TPSA) is 63.0 Å². The second-order valence-corrected chi connectivity index (χ2v) is 7.12. The van der Waals surface area contributed by atoms with Crippen LogP contribution in [0.3, 0.4) is 0 Å². The minimum absolute atomic E-state index is 0.389. The summed E-state index contributed by atoms with van der Waals surface area (Å²) in [5.74, 6) is -0.124. The number of nitriles is 1. The lowest BCUT2D eigenvalue weighted by atomic mass is 9.79. The average molecular weight is 302 g/mol. The number of rotatable bonds is 5. The lowest BCUT2D eigenvalue weighted by molar-refractivity contribution is -0.160. The molecular formula is C18H26N2O2. The van der Waals surface area contributed by atoms with Gasteiger partial charge in [0.2, 0.25) is 0 Å². The Morgan fingerprint density at radius 2 is 2.00 bits per heavy atom. The summed E-state index contributed by atoms with van der Waals surface area (Å²) in [5, 5.41) is 9.81. The van der Waals surface area contributed by atoms with Gasteiger partial charge in [-0.2, -0.15) is 5.26 Å². The van der Waals surface area contributed by atoms with E-state index in [9.17, 15) is 10.1 Å². The molecule has 120 valence electrons. The smallest absolute Gasteiger partial charge is 0.333 e. The molecule has 1 rings (SSSR count). The Labute approximate surface area is 133 Å². The van der Waals surface area contributed by atoms with E-state index in [2.05, 4.69) is 24.9 Å². The highest BCUT2D eigenvalue weighted by Crippen LogP contribution is 2.32. The Kier molecular flexibility index (Phi) is 5.71. The number of aryl methyl sites for hydroxylation is 1. The van der Waals surface area contributed by atoms with Gasteiger partial charge in [0.25, 0.3) is 0 Å². The van der Waals surface area contributed by atoms with Crippen molar-refractivity contribution in [1.29, 1.82) is 5.26 Å². The lowest BCUT2D eigenvalue weighted by Crippen LogP contribution is -2.41. The summed E-state index contributed by atoms with van der Waals surface area (Å²) in [6.07, 6.45) is 1.16. The molecule has 0 radical (unpaired) electrons. The van der Waals surface area contributed by atoms with Crippen LogP contribution in [0.2, 0.25) is 0 Å². The molecule has 0 aromatic carbocycles. The van der Waals surface area contributed by atoms with Crippen molar-refractivity contribution in [2.75, 3.05) is 0 Å². The Morgan fingerprint density at radius 1 is 1.36 bits per heavy atom. The van der Waals surface area contributed by atoms with Gasteiger partial charge in [-0.3, -0.25) is 4.98 Å². The maximum absolute atomic E-state index is 12.8. The van der Waals surface area contributed by atoms with Crippen molar-refractivity contribution in [2.24, 2.45) is 5.92 Å². The zero-order chi connectivity index (χ0) is 17.0. The summed E-state index contributed by atoms with van der Waals surface area (Å²) in [4.78, 5) is 17.2. The van der Waals surface area contributed by atoms with Crippen molar-refractivity contribution in [1.82, 2.24) is 4.98 Å². The zero-order valence-corrected chi connectivity index (χ0v) is 14.4. The fourth-order valence-corrected chi connectivity index (χ4v) is 2.14. The Bertz CT molecular complexity index is 567. The normalized spacial score (nSPS) is 14.3. The van der Waals surface area contributed by atoms with E-state index in [0.29, 0.717) is 18.0 Å². The third kappa shape index (κ3) is 4.56. The summed E-state index contributed by atoms with van der Waals surface area (Å²) < 4.78 is 5.52. The molecule has 1 unspecified atom stereocenters. The summed E-state index contributed by atoms with van der Waals surface area (Å²) in [7, 11) is 0. The Hall–Kier alpha value is -1.89. The maximum atomic E-state index is 12.8. The highest BCUT2D eigenvalue weighted by molar-refractivity contribution is 5.86. The quantitative estimate of drug-likeness (QED) is 0.773. The van der Waals surface area contributed by atoms with Crippen LogP contribution in [-0.4, -0.2) is 16.6 Å². The van der Waals surface area contributed by atoms with Crippen LogP contribution in [0.15, 0.2) is 18.2 Å². The van der Waals surface area contributed by atoms with E-state index in [4.69, 9.17) is 4.74 Å². The lowest BCUT2D eigenvalue weighted by Gasteiger charge is -2.29. The fraction of sp³-hybridized carbons (Fsp3) is 0.611. The second kappa shape index (κ2) is 6.91. The molecule has 4 nitrogen and oxygen atoms in total. The van der Waals surface area contributed by atoms with E-state index in [1.807, 2.05) is 19.1 Å². The van der Waals surface area contributed by atoms with Crippen molar-refractivity contribution < 1.29 is 9.53 Å². The highest BCUT2D eigenvalue weighted by atomic mass is 16.6. The molecular weight excluding hydrogens is 276 g/mol. The molecule has 1 aromatic rings. The SMILES string of the molecule is Cc1cccc(C(C#N)(CCC(C)C)C(=O)OC(C)(C)C)n1. The number of esters is 1. The highest BCUT2D eigenvalue weighted by Gasteiger charge is 2.45. The molecule has 0 N–H and O–H groups in total. The number of hydrogen-bond acceptors (Lipinski definition) is 4. The molecule has 0 aliphatic heterocycles. The average Bonchev–Trinajstić information content (AvgIpc) is 2.37. The van der Waals surface area contributed by atoms with Crippen LogP contribution in [0.4, 0.5) is 0 Å². The van der Waals surface area contributed by atoms with Crippen molar-refractivity contribution in [2.45, 2.75) is 65.4 Å². The molecule has 0 saturated heterocycles. The molecule has 4 heteroatoms. The molecule has 0 fully saturated rings. The van der Waals surface area contributed by atoms with Crippen LogP contribution in [0, 0.1) is 24.2 Å². The second-order valence-electron chi connectivity index (χ2n) is 7.12. The monoisotopic (exact) mass is 302 g/mol. The molecule has 0 spiro atoms. The van der Waals surface area contributed by atoms with Crippen LogP contribution >= 0.6 is 0 Å². The van der Waals surface area contributed by atoms with Gasteiger partial charge in [-0.25, -0.2) is 4.79 Å². The number of aromatic nitrogens is 1. The standard InChI is InChI=1S/C18H26N2O2/c1-13(2)10-11-18(12-19,16(21)22-17(4,5)6)15-9-7-8-14(3)20-15/h7-9,13H,10-11H2,1-6H3. The summed E-state index contributed by atoms with van der Waals surface area (Å²) in [6.45, 7) is 11.4. The molecule has 1 heterocycles. The summed E-state index contributed by atoms with van der Waals surface area (Å²) in [6, 6.07) is 7.61. The van der Waals surface area contributed by atoms with Crippen LogP contribution in [0.1, 0.15) is 58.8 Å². The number of hydrogen-bond donors (Lipinski definition) is 0. The van der Waals surface area contributed by atoms with Crippen molar-refractivity contribution >= 4 is 5.97 Å². The first-order valence-electron chi connectivity index (χ1n) is 7.69. The number of carbonyl (C=O) groups is 1. The molecule has 1 atom stereocenters. The largest absolute Gasteiger partial charge is 0.458 e. The van der Waals surface area contributed by atoms with Gasteiger partial charge in [0.05, 0.1) is 11.8 Å². The van der Waals surface area contributed by atoms with Gasteiger partial charge in [0.1, 0.15) is 5.60 Å². The van der Waals surface area contributed by atoms with Crippen LogP contribution in [0.25, 0.3) is 0 Å². The minimum Gasteiger partial charge on any atom is -0.458 e. The first-order chi connectivity index (χ1) is 10.1. The predicted molar refractivity (Wildman–Crippen MR) is 86.2 cm³/mol. The van der Waals surface area contributed by atoms with Gasteiger partial charge in [0, 0.05) is 5.69 Å². The van der Waals surface area contributed by atoms with E-state index < -0.39 is 17.0 Å². The number of nitrogens with zero attached hydrogens (tertiary/aromatic N) is 2. The van der Waals surface area contributed by atoms with Gasteiger partial charge in [0.15, 0.2) is 5.41 Å². The fourth-order valence-electron chi connectivity index (χ4n) is 2.14. The third-order valence-corrected chi connectivity index (χ3v) is 3.36. The third-order valence-electron chi connectivity index (χ3n) is 3.36. The van der Waals surface area contributed by atoms with Gasteiger partial charge in [-0.1, -0.05) is 19.9 Å². The molecule has 0 saturated carbocycles. The van der Waals surface area contributed by atoms with Crippen LogP contribution < -0.4 is 0 Å². The van der Waals surface area contributed by atoms with E-state index in [1.165, 1.54) is 0 Å². The van der Waals surface area contributed by atoms with Crippen molar-refractivity contribution in [3.05, 3.63) is 29.6 Å². The number of pyridine rings is 1. The summed E-state index contributed by atoms with van der Waals surface area (Å²) >= 11 is 0. The molecule has 0 aliphatic rings. The van der Waals surface area contributed by atoms with Gasteiger partial charge in [-0.05, 0) is 58.6 Å². The van der Waals surface area contributed by atoms with Crippen molar-refractivity contribution in [3.63, 3.8) is 0 Å². The Balaban J connectivity index is 3.30. The van der Waals surface area contributed by atoms with Gasteiger partial charge in [-0.15, -0.1) is 0 Å². The molecule has 0 aliphatic carbocycles. The minimum atomic E-state index is -1.34. The van der Waals surface area contributed by atoms with E-state index in [0.717, 1.165) is 12.1 Å². The molecule has 1 aromatic heterocycles. The first kappa shape index (κ1) is 18.2. The molecule has 0 bridgehead atoms. The number of carbonyl (C=O) groups excluding carboxylic acids is 1. The maximum Gasteiger partial charge on any atom is 0.333 e. The molecule has 0 amide bonds. The van der Waals surface area contributed by atoms with Gasteiger partial charge < -0.3 is 4.74 Å². The van der Waals surface area contributed by atoms with E-state index >= 15 is 0 Å². The predicted octanol–water partition coefficient (Wildman–Crippen LogP) is 3.93. The Morgan fingerprint density at radius 3 is 2.45 bits per heavy atom. The summed E-state index contributed by atoms with van der Waals surface area (Å²) in [5.41, 5.74) is -0.722. The van der Waals surface area contributed by atoms with Gasteiger partial charge >= 0.3 is 5.97 Å². The zero-order valence-electron chi connectivity index (χ0n) is 14.4. The van der Waals surface area contributed by atoms with E-state index in [-0.39, 0.29) is 0 Å². The van der Waals surface area contributed by atoms with E-state index in [1.54, 1.807) is 26.8 Å². The number of ether oxygens (including phenoxy) is 1. The van der Waals surface area contributed by atoms with Crippen LogP contribution in [-0.2, 0) is 14.9 Å².